The molecular weight excluding hydrogens is 724 g/mol. The zero-order valence-electron chi connectivity index (χ0n) is 30.1. The molecule has 0 saturated carbocycles. The Morgan fingerprint density at radius 3 is 2.62 bits per heavy atom. The average molecular weight is 767 g/mol. The molecule has 55 heavy (non-hydrogen) atoms. The van der Waals surface area contributed by atoms with Crippen LogP contribution in [0.5, 0.6) is 5.75 Å². The largest absolute Gasteiger partial charge is 0.458 e. The Bertz CT molecular complexity index is 2150. The molecular formula is C36H42N6O13. The van der Waals surface area contributed by atoms with Crippen molar-refractivity contribution < 1.29 is 58.8 Å². The van der Waals surface area contributed by atoms with Crippen molar-refractivity contribution in [1.82, 2.24) is 29.9 Å². The van der Waals surface area contributed by atoms with E-state index in [2.05, 4.69) is 15.6 Å². The number of fused-ring (bicyclic) bond motifs is 5. The number of aliphatic hydroxyl groups excluding tert-OH is 4. The monoisotopic (exact) mass is 766 g/mol. The van der Waals surface area contributed by atoms with Crippen molar-refractivity contribution in [1.29, 1.82) is 0 Å². The Morgan fingerprint density at radius 2 is 1.85 bits per heavy atom. The number of esters is 1. The fourth-order valence-electron chi connectivity index (χ4n) is 7.18. The average Bonchev–Trinajstić information content (AvgIpc) is 3.81. The molecule has 1 amide bonds. The van der Waals surface area contributed by atoms with E-state index >= 15 is 0 Å². The lowest BCUT2D eigenvalue weighted by molar-refractivity contribution is -0.254. The Labute approximate surface area is 313 Å². The first kappa shape index (κ1) is 38.4. The van der Waals surface area contributed by atoms with Crippen molar-refractivity contribution in [2.45, 2.75) is 82.7 Å². The van der Waals surface area contributed by atoms with E-state index in [0.717, 1.165) is 16.5 Å². The number of benzene rings is 1. The van der Waals surface area contributed by atoms with Crippen LogP contribution in [0, 0.1) is 0 Å². The van der Waals surface area contributed by atoms with Crippen LogP contribution in [0.25, 0.3) is 22.3 Å². The van der Waals surface area contributed by atoms with E-state index in [9.17, 15) is 39.9 Å². The molecule has 19 nitrogen and oxygen atoms in total. The number of ether oxygens (including phenoxy) is 5. The van der Waals surface area contributed by atoms with E-state index in [0.29, 0.717) is 34.8 Å². The van der Waals surface area contributed by atoms with Gasteiger partial charge in [-0.15, -0.1) is 5.10 Å². The Kier molecular flexibility index (Phi) is 11.0. The van der Waals surface area contributed by atoms with Gasteiger partial charge in [-0.25, -0.2) is 19.3 Å². The fourth-order valence-corrected chi connectivity index (χ4v) is 7.18. The fraction of sp³-hybridized carbons (Fsp3) is 0.500. The van der Waals surface area contributed by atoms with E-state index in [1.54, 1.807) is 35.8 Å². The molecule has 19 heteroatoms. The highest BCUT2D eigenvalue weighted by Gasteiger charge is 2.46. The maximum atomic E-state index is 13.6. The zero-order valence-corrected chi connectivity index (χ0v) is 30.1. The van der Waals surface area contributed by atoms with Gasteiger partial charge in [0.05, 0.1) is 68.2 Å². The molecule has 1 aromatic carbocycles. The molecule has 1 fully saturated rings. The van der Waals surface area contributed by atoms with Gasteiger partial charge in [0.25, 0.3) is 5.56 Å². The number of amides is 1. The van der Waals surface area contributed by atoms with Gasteiger partial charge >= 0.3 is 12.1 Å². The molecule has 0 radical (unpaired) electrons. The summed E-state index contributed by atoms with van der Waals surface area (Å²) in [6, 6.07) is 6.76. The molecule has 4 aromatic rings. The molecule has 294 valence electrons. The summed E-state index contributed by atoms with van der Waals surface area (Å²) in [5, 5.41) is 62.0. The number of hydrogen-bond donors (Lipinski definition) is 6. The molecule has 0 aliphatic carbocycles. The zero-order chi connectivity index (χ0) is 39.0. The maximum absolute atomic E-state index is 13.6. The number of nitrogens with zero attached hydrogens (tertiary/aromatic N) is 5. The third kappa shape index (κ3) is 7.09. The molecule has 7 rings (SSSR count). The van der Waals surface area contributed by atoms with Crippen molar-refractivity contribution in [3.05, 3.63) is 68.8 Å². The molecule has 3 aliphatic rings. The van der Waals surface area contributed by atoms with E-state index in [-0.39, 0.29) is 69.2 Å². The van der Waals surface area contributed by atoms with Gasteiger partial charge in [0, 0.05) is 23.1 Å². The first-order valence-electron chi connectivity index (χ1n) is 17.9. The van der Waals surface area contributed by atoms with E-state index < -0.39 is 54.9 Å². The highest BCUT2D eigenvalue weighted by molar-refractivity contribution is 5.90. The minimum absolute atomic E-state index is 0.0496. The summed E-state index contributed by atoms with van der Waals surface area (Å²) < 4.78 is 30.0. The highest BCUT2D eigenvalue weighted by atomic mass is 16.6. The SMILES string of the molecule is CCc1c2c(nc3ccc(OC(=O)NCCOCCOCc4cn([C@H]5O[C@@H](CO)[C@H](O)[C@@H](O)[C@@H]5O)nn4)cc13)-c1cc3c(c(=O)n1C2)COC(=O)[C@]3(O)CC. The number of aliphatic hydroxyl groups is 5. The lowest BCUT2D eigenvalue weighted by atomic mass is 9.86. The number of pyridine rings is 2. The second-order valence-electron chi connectivity index (χ2n) is 13.4. The van der Waals surface area contributed by atoms with Gasteiger partial charge in [-0.05, 0) is 42.7 Å². The van der Waals surface area contributed by atoms with E-state index in [1.807, 2.05) is 6.92 Å². The van der Waals surface area contributed by atoms with Crippen LogP contribution in [-0.2, 0) is 55.5 Å². The van der Waals surface area contributed by atoms with Crippen molar-refractivity contribution in [2.24, 2.45) is 0 Å². The number of carbonyl (C=O) groups is 2. The third-order valence-electron chi connectivity index (χ3n) is 10.2. The number of cyclic esters (lactones) is 1. The van der Waals surface area contributed by atoms with Crippen molar-refractivity contribution >= 4 is 23.0 Å². The number of hydrogen-bond acceptors (Lipinski definition) is 16. The molecule has 0 spiro atoms. The van der Waals surface area contributed by atoms with Gasteiger partial charge in [0.1, 0.15) is 42.5 Å². The highest BCUT2D eigenvalue weighted by Crippen LogP contribution is 2.41. The Hall–Kier alpha value is -4.86. The lowest BCUT2D eigenvalue weighted by Crippen LogP contribution is -2.56. The summed E-state index contributed by atoms with van der Waals surface area (Å²) in [4.78, 5) is 43.6. The van der Waals surface area contributed by atoms with Gasteiger partial charge in [-0.2, -0.15) is 0 Å². The summed E-state index contributed by atoms with van der Waals surface area (Å²) in [6.45, 7) is 3.93. The van der Waals surface area contributed by atoms with Crippen LogP contribution >= 0.6 is 0 Å². The van der Waals surface area contributed by atoms with Crippen LogP contribution < -0.4 is 15.6 Å². The molecule has 0 bridgehead atoms. The second kappa shape index (κ2) is 15.7. The minimum atomic E-state index is -1.92. The normalized spacial score (nSPS) is 24.3. The minimum Gasteiger partial charge on any atom is -0.458 e. The first-order valence-corrected chi connectivity index (χ1v) is 17.9. The van der Waals surface area contributed by atoms with Crippen LogP contribution in [-0.4, -0.2) is 120 Å². The maximum Gasteiger partial charge on any atom is 0.412 e. The summed E-state index contributed by atoms with van der Waals surface area (Å²) in [5.41, 5.74) is 2.15. The van der Waals surface area contributed by atoms with Crippen LogP contribution in [0.1, 0.15) is 54.4 Å². The van der Waals surface area contributed by atoms with Crippen LogP contribution in [0.4, 0.5) is 4.79 Å². The second-order valence-corrected chi connectivity index (χ2v) is 13.4. The number of aryl methyl sites for hydroxylation is 1. The van der Waals surface area contributed by atoms with Gasteiger partial charge < -0.3 is 59.1 Å². The molecule has 1 saturated heterocycles. The van der Waals surface area contributed by atoms with Crippen LogP contribution in [0.3, 0.4) is 0 Å². The molecule has 6 atom stereocenters. The number of nitrogens with one attached hydrogen (secondary N) is 1. The van der Waals surface area contributed by atoms with Crippen LogP contribution in [0.15, 0.2) is 35.3 Å². The summed E-state index contributed by atoms with van der Waals surface area (Å²) in [6.07, 6.45) is -5.34. The summed E-state index contributed by atoms with van der Waals surface area (Å²) in [5.74, 6) is -0.483. The number of aromatic nitrogens is 5. The summed E-state index contributed by atoms with van der Waals surface area (Å²) in [7, 11) is 0. The first-order chi connectivity index (χ1) is 26.5. The number of carbonyl (C=O) groups excluding carboxylic acids is 2. The smallest absolute Gasteiger partial charge is 0.412 e. The van der Waals surface area contributed by atoms with Crippen molar-refractivity contribution in [2.75, 3.05) is 33.0 Å². The molecule has 3 aromatic heterocycles. The predicted octanol–water partition coefficient (Wildman–Crippen LogP) is -0.472. The lowest BCUT2D eigenvalue weighted by Gasteiger charge is -2.39. The van der Waals surface area contributed by atoms with Gasteiger partial charge in [-0.3, -0.25) is 4.79 Å². The number of rotatable bonds is 13. The predicted molar refractivity (Wildman–Crippen MR) is 187 cm³/mol. The Morgan fingerprint density at radius 1 is 1.05 bits per heavy atom. The quantitative estimate of drug-likeness (QED) is 0.0654. The van der Waals surface area contributed by atoms with Crippen molar-refractivity contribution in [3.8, 4) is 17.1 Å². The van der Waals surface area contributed by atoms with Gasteiger partial charge in [-0.1, -0.05) is 19.1 Å². The Balaban J connectivity index is 0.895. The van der Waals surface area contributed by atoms with E-state index in [1.165, 1.54) is 10.9 Å². The molecule has 3 aliphatic heterocycles. The van der Waals surface area contributed by atoms with Crippen LogP contribution in [0.2, 0.25) is 0 Å². The molecule has 6 N–H and O–H groups in total. The topological polar surface area (TPSA) is 259 Å². The van der Waals surface area contributed by atoms with E-state index in [4.69, 9.17) is 28.7 Å². The molecule has 0 unspecified atom stereocenters. The third-order valence-corrected chi connectivity index (χ3v) is 10.2. The summed E-state index contributed by atoms with van der Waals surface area (Å²) >= 11 is 0. The molecule has 6 heterocycles. The standard InChI is InChI=1S/C36H42N6O13/c1-3-20-21-11-19(5-6-25(21)38-28-22(20)14-41-26(28)12-24-23(32(41)47)17-53-34(48)36(24,50)4-2)54-35(49)37-7-8-51-9-10-52-16-18-13-42(40-39-18)33-31(46)30(45)29(44)27(15-43)55-33/h5-6,11-13,27,29-31,33,43-46,50H,3-4,7-10,14-17H2,1-2H3,(H,37,49)/t27-,29-,30+,31-,33-,36-/m0/s1. The van der Waals surface area contributed by atoms with Gasteiger partial charge in [0.15, 0.2) is 11.8 Å². The van der Waals surface area contributed by atoms with Gasteiger partial charge in [0.2, 0.25) is 0 Å². The van der Waals surface area contributed by atoms with Crippen molar-refractivity contribution in [3.63, 3.8) is 0 Å².